The van der Waals surface area contributed by atoms with Gasteiger partial charge in [-0.1, -0.05) is 60.2 Å². The molecular formula is C24H27NO2. The number of amides is 1. The number of benzene rings is 2. The number of ether oxygens (including phenoxy) is 1. The van der Waals surface area contributed by atoms with Crippen LogP contribution in [0.3, 0.4) is 0 Å². The van der Waals surface area contributed by atoms with Gasteiger partial charge in [0.1, 0.15) is 6.61 Å². The molecule has 2 aromatic rings. The van der Waals surface area contributed by atoms with Gasteiger partial charge in [0.15, 0.2) is 0 Å². The van der Waals surface area contributed by atoms with Crippen LogP contribution in [0.2, 0.25) is 0 Å². The Morgan fingerprint density at radius 3 is 2.67 bits per heavy atom. The molecule has 0 spiro atoms. The Morgan fingerprint density at radius 2 is 1.89 bits per heavy atom. The minimum atomic E-state index is -0.173. The van der Waals surface area contributed by atoms with Crippen molar-refractivity contribution in [1.82, 2.24) is 4.90 Å². The van der Waals surface area contributed by atoms with Crippen molar-refractivity contribution in [2.75, 3.05) is 0 Å². The summed E-state index contributed by atoms with van der Waals surface area (Å²) in [7, 11) is 0. The van der Waals surface area contributed by atoms with E-state index in [0.29, 0.717) is 6.61 Å². The van der Waals surface area contributed by atoms with Crippen LogP contribution in [0, 0.1) is 13.8 Å². The molecule has 27 heavy (non-hydrogen) atoms. The summed E-state index contributed by atoms with van der Waals surface area (Å²) in [6.07, 6.45) is 6.21. The number of hydrogen-bond acceptors (Lipinski definition) is 2. The van der Waals surface area contributed by atoms with Crippen LogP contribution in [0.4, 0.5) is 4.79 Å². The van der Waals surface area contributed by atoms with Crippen molar-refractivity contribution in [1.29, 1.82) is 0 Å². The smallest absolute Gasteiger partial charge is 0.410 e. The summed E-state index contributed by atoms with van der Waals surface area (Å²) in [5.74, 6) is 0. The molecule has 2 bridgehead atoms. The summed E-state index contributed by atoms with van der Waals surface area (Å²) in [4.78, 5) is 14.6. The van der Waals surface area contributed by atoms with E-state index in [-0.39, 0.29) is 18.2 Å². The van der Waals surface area contributed by atoms with Crippen molar-refractivity contribution in [3.63, 3.8) is 0 Å². The van der Waals surface area contributed by atoms with E-state index < -0.39 is 0 Å². The zero-order valence-electron chi connectivity index (χ0n) is 16.2. The molecule has 2 heterocycles. The van der Waals surface area contributed by atoms with Gasteiger partial charge in [0.05, 0.1) is 6.04 Å². The molecule has 1 saturated heterocycles. The molecule has 140 valence electrons. The normalized spacial score (nSPS) is 21.1. The third-order valence-electron chi connectivity index (χ3n) is 6.02. The van der Waals surface area contributed by atoms with Crippen LogP contribution in [-0.4, -0.2) is 23.1 Å². The highest BCUT2D eigenvalue weighted by Crippen LogP contribution is 2.36. The molecule has 2 aliphatic heterocycles. The Kier molecular flexibility index (Phi) is 5.02. The largest absolute Gasteiger partial charge is 0.445 e. The zero-order valence-corrected chi connectivity index (χ0v) is 16.2. The predicted octanol–water partition coefficient (Wildman–Crippen LogP) is 5.35. The fourth-order valence-corrected chi connectivity index (χ4v) is 4.38. The maximum atomic E-state index is 12.7. The van der Waals surface area contributed by atoms with Crippen molar-refractivity contribution < 1.29 is 9.53 Å². The highest BCUT2D eigenvalue weighted by atomic mass is 16.6. The van der Waals surface area contributed by atoms with Gasteiger partial charge in [0.2, 0.25) is 0 Å². The minimum Gasteiger partial charge on any atom is -0.445 e. The topological polar surface area (TPSA) is 29.5 Å². The second-order valence-electron chi connectivity index (χ2n) is 7.81. The molecule has 1 fully saturated rings. The molecule has 3 nitrogen and oxygen atoms in total. The summed E-state index contributed by atoms with van der Waals surface area (Å²) >= 11 is 0. The van der Waals surface area contributed by atoms with E-state index in [0.717, 1.165) is 31.2 Å². The number of aryl methyl sites for hydroxylation is 1. The summed E-state index contributed by atoms with van der Waals surface area (Å²) < 4.78 is 5.59. The molecule has 0 radical (unpaired) electrons. The van der Waals surface area contributed by atoms with Crippen LogP contribution in [0.25, 0.3) is 0 Å². The fraction of sp³-hybridized carbons (Fsp3) is 0.375. The number of nitrogens with zero attached hydrogens (tertiary/aromatic N) is 1. The molecule has 1 amide bonds. The first-order valence-corrected chi connectivity index (χ1v) is 9.85. The number of hydrogen-bond donors (Lipinski definition) is 0. The summed E-state index contributed by atoms with van der Waals surface area (Å²) in [5.41, 5.74) is 6.62. The van der Waals surface area contributed by atoms with Gasteiger partial charge in [0.25, 0.3) is 0 Å². The van der Waals surface area contributed by atoms with E-state index in [1.54, 1.807) is 0 Å². The Hall–Kier alpha value is -2.55. The molecule has 0 N–H and O–H groups in total. The van der Waals surface area contributed by atoms with Crippen molar-refractivity contribution in [2.45, 2.75) is 58.2 Å². The Labute approximate surface area is 161 Å². The van der Waals surface area contributed by atoms with Crippen molar-refractivity contribution >= 4 is 6.09 Å². The molecule has 2 aromatic carbocycles. The van der Waals surface area contributed by atoms with Crippen LogP contribution in [0.5, 0.6) is 0 Å². The van der Waals surface area contributed by atoms with Gasteiger partial charge in [0, 0.05) is 6.04 Å². The van der Waals surface area contributed by atoms with Gasteiger partial charge in [-0.05, 0) is 61.8 Å². The quantitative estimate of drug-likeness (QED) is 0.687. The second-order valence-corrected chi connectivity index (χ2v) is 7.81. The lowest BCUT2D eigenvalue weighted by atomic mass is 9.92. The van der Waals surface area contributed by atoms with Crippen molar-refractivity contribution in [2.24, 2.45) is 0 Å². The SMILES string of the molecule is Cc1cccc(CC2=CC3CCC(C2)N3C(=O)OCc2ccccc2)c1C. The highest BCUT2D eigenvalue weighted by Gasteiger charge is 2.40. The van der Waals surface area contributed by atoms with Gasteiger partial charge >= 0.3 is 6.09 Å². The second kappa shape index (κ2) is 7.59. The lowest BCUT2D eigenvalue weighted by molar-refractivity contribution is 0.0815. The molecule has 0 aromatic heterocycles. The Balaban J connectivity index is 1.43. The summed E-state index contributed by atoms with van der Waals surface area (Å²) in [6.45, 7) is 4.72. The van der Waals surface area contributed by atoms with Crippen LogP contribution >= 0.6 is 0 Å². The molecule has 3 heteroatoms. The Bertz CT molecular complexity index is 856. The molecule has 2 aliphatic rings. The first kappa shape index (κ1) is 17.8. The third kappa shape index (κ3) is 3.78. The maximum absolute atomic E-state index is 12.7. The molecule has 4 rings (SSSR count). The number of rotatable bonds is 4. The zero-order chi connectivity index (χ0) is 18.8. The van der Waals surface area contributed by atoms with Gasteiger partial charge in [-0.25, -0.2) is 4.79 Å². The third-order valence-corrected chi connectivity index (χ3v) is 6.02. The van der Waals surface area contributed by atoms with E-state index in [2.05, 4.69) is 38.1 Å². The standard InChI is InChI=1S/C24H27NO2/c1-17-7-6-10-21(18(17)2)13-20-14-22-11-12-23(15-20)25(22)24(26)27-16-19-8-4-3-5-9-19/h3-10,14,22-23H,11-13,15-16H2,1-2H3. The van der Waals surface area contributed by atoms with Crippen molar-refractivity contribution in [3.05, 3.63) is 82.4 Å². The van der Waals surface area contributed by atoms with E-state index >= 15 is 0 Å². The van der Waals surface area contributed by atoms with Crippen molar-refractivity contribution in [3.8, 4) is 0 Å². The van der Waals surface area contributed by atoms with Gasteiger partial charge in [-0.2, -0.15) is 0 Å². The van der Waals surface area contributed by atoms with Gasteiger partial charge < -0.3 is 4.74 Å². The van der Waals surface area contributed by atoms with E-state index in [4.69, 9.17) is 4.74 Å². The van der Waals surface area contributed by atoms with Gasteiger partial charge in [-0.15, -0.1) is 0 Å². The fourth-order valence-electron chi connectivity index (χ4n) is 4.38. The molecular weight excluding hydrogens is 334 g/mol. The number of carbonyl (C=O) groups is 1. The monoisotopic (exact) mass is 361 g/mol. The van der Waals surface area contributed by atoms with Crippen LogP contribution < -0.4 is 0 Å². The first-order valence-electron chi connectivity index (χ1n) is 9.85. The van der Waals surface area contributed by atoms with Crippen LogP contribution in [-0.2, 0) is 17.8 Å². The summed E-state index contributed by atoms with van der Waals surface area (Å²) in [5, 5.41) is 0. The lowest BCUT2D eigenvalue weighted by Crippen LogP contribution is -2.43. The Morgan fingerprint density at radius 1 is 1.07 bits per heavy atom. The van der Waals surface area contributed by atoms with E-state index in [9.17, 15) is 4.79 Å². The van der Waals surface area contributed by atoms with Crippen LogP contribution in [0.15, 0.2) is 60.2 Å². The molecule has 0 saturated carbocycles. The van der Waals surface area contributed by atoms with E-state index in [1.807, 2.05) is 35.2 Å². The van der Waals surface area contributed by atoms with Crippen LogP contribution in [0.1, 0.15) is 41.5 Å². The molecule has 0 aliphatic carbocycles. The summed E-state index contributed by atoms with van der Waals surface area (Å²) in [6, 6.07) is 16.9. The average Bonchev–Trinajstić information content (AvgIpc) is 2.95. The number of fused-ring (bicyclic) bond motifs is 2. The molecule has 2 atom stereocenters. The minimum absolute atomic E-state index is 0.173. The first-order chi connectivity index (χ1) is 13.1. The predicted molar refractivity (Wildman–Crippen MR) is 108 cm³/mol. The average molecular weight is 361 g/mol. The lowest BCUT2D eigenvalue weighted by Gasteiger charge is -2.33. The molecule has 2 unspecified atom stereocenters. The number of carbonyl (C=O) groups excluding carboxylic acids is 1. The maximum Gasteiger partial charge on any atom is 0.410 e. The van der Waals surface area contributed by atoms with Gasteiger partial charge in [-0.3, -0.25) is 4.90 Å². The van der Waals surface area contributed by atoms with E-state index in [1.165, 1.54) is 22.3 Å². The highest BCUT2D eigenvalue weighted by molar-refractivity contribution is 5.70.